The second-order valence-electron chi connectivity index (χ2n) is 12.8. The van der Waals surface area contributed by atoms with E-state index in [-0.39, 0.29) is 5.78 Å². The second-order valence-corrected chi connectivity index (χ2v) is 12.8. The topological polar surface area (TPSA) is 76.0 Å². The summed E-state index contributed by atoms with van der Waals surface area (Å²) in [6.45, 7) is 2.10. The molecule has 46 heavy (non-hydrogen) atoms. The number of allylic oxidation sites excluding steroid dienone is 2. The molecular weight excluding hydrogens is 572 g/mol. The van der Waals surface area contributed by atoms with Crippen LogP contribution < -0.4 is 9.47 Å². The molecule has 0 radical (unpaired) electrons. The van der Waals surface area contributed by atoms with Crippen molar-refractivity contribution in [3.8, 4) is 11.5 Å². The Bertz CT molecular complexity index is 1040. The zero-order valence-corrected chi connectivity index (χ0v) is 28.4. The van der Waals surface area contributed by atoms with Crippen LogP contribution in [0.5, 0.6) is 11.5 Å². The Kier molecular flexibility index (Phi) is 19.9. The van der Waals surface area contributed by atoms with Gasteiger partial charge in [-0.25, -0.2) is 0 Å². The Morgan fingerprint density at radius 2 is 0.804 bits per heavy atom. The number of carbonyl (C=O) groups excluding carboxylic acids is 1. The summed E-state index contributed by atoms with van der Waals surface area (Å²) in [5, 5.41) is 17.7. The van der Waals surface area contributed by atoms with Crippen molar-refractivity contribution in [1.82, 2.24) is 0 Å². The molecule has 5 heteroatoms. The Hall–Kier alpha value is -2.89. The molecule has 1 saturated carbocycles. The number of Topliss-reactive ketones (excluding diaryl/α,β-unsaturated/α-hetero) is 1. The minimum atomic E-state index is 0.167. The number of rotatable bonds is 24. The molecule has 1 aliphatic rings. The van der Waals surface area contributed by atoms with Gasteiger partial charge in [-0.15, -0.1) is 0 Å². The number of ether oxygens (including phenoxy) is 2. The largest absolute Gasteiger partial charge is 0.494 e. The van der Waals surface area contributed by atoms with E-state index in [2.05, 4.69) is 36.4 Å². The van der Waals surface area contributed by atoms with E-state index >= 15 is 0 Å². The summed E-state index contributed by atoms with van der Waals surface area (Å²) in [7, 11) is 0. The molecule has 0 heterocycles. The van der Waals surface area contributed by atoms with Crippen molar-refractivity contribution in [1.29, 1.82) is 0 Å². The lowest BCUT2D eigenvalue weighted by molar-refractivity contribution is -0.112. The molecule has 0 amide bonds. The van der Waals surface area contributed by atoms with Crippen molar-refractivity contribution in [2.45, 2.75) is 128 Å². The van der Waals surface area contributed by atoms with E-state index in [0.717, 1.165) is 111 Å². The van der Waals surface area contributed by atoms with Crippen LogP contribution in [-0.2, 0) is 4.79 Å². The summed E-state index contributed by atoms with van der Waals surface area (Å²) in [4.78, 5) is 13.5. The minimum absolute atomic E-state index is 0.167. The highest BCUT2D eigenvalue weighted by Gasteiger charge is 2.19. The average Bonchev–Trinajstić information content (AvgIpc) is 3.24. The standard InChI is InChI=1S/C41H60O5/c42-29-15-9-5-1-3-7-11-17-31-45-39-25-21-35(22-26-39)33-37-19-13-14-20-38(41(37)44)34-36-23-27-40(28-24-36)46-32-18-12-8-4-2-6-10-16-30-43/h21-28,33-34,42-43H,1-20,29-32H2/b37-33-,38-34-. The highest BCUT2D eigenvalue weighted by atomic mass is 16.5. The highest BCUT2D eigenvalue weighted by molar-refractivity contribution is 6.13. The van der Waals surface area contributed by atoms with E-state index < -0.39 is 0 Å². The van der Waals surface area contributed by atoms with Gasteiger partial charge in [0.05, 0.1) is 13.2 Å². The van der Waals surface area contributed by atoms with Crippen LogP contribution in [0.2, 0.25) is 0 Å². The third kappa shape index (κ3) is 16.1. The number of aliphatic hydroxyl groups is 2. The molecule has 2 aromatic carbocycles. The highest BCUT2D eigenvalue weighted by Crippen LogP contribution is 2.28. The van der Waals surface area contributed by atoms with Crippen molar-refractivity contribution in [3.05, 3.63) is 70.8 Å². The van der Waals surface area contributed by atoms with Gasteiger partial charge >= 0.3 is 0 Å². The monoisotopic (exact) mass is 632 g/mol. The summed E-state index contributed by atoms with van der Waals surface area (Å²) in [5.41, 5.74) is 3.85. The number of benzene rings is 2. The van der Waals surface area contributed by atoms with E-state index in [1.165, 1.54) is 64.2 Å². The van der Waals surface area contributed by atoms with Gasteiger partial charge in [0.25, 0.3) is 0 Å². The number of carbonyl (C=O) groups is 1. The molecule has 1 fully saturated rings. The van der Waals surface area contributed by atoms with Gasteiger partial charge in [-0.3, -0.25) is 4.79 Å². The number of unbranched alkanes of at least 4 members (excludes halogenated alkanes) is 14. The molecule has 0 aromatic heterocycles. The van der Waals surface area contributed by atoms with Crippen molar-refractivity contribution < 1.29 is 24.5 Å². The fourth-order valence-electron chi connectivity index (χ4n) is 5.99. The van der Waals surface area contributed by atoms with E-state index in [9.17, 15) is 4.79 Å². The van der Waals surface area contributed by atoms with Gasteiger partial charge in [-0.1, -0.05) is 101 Å². The van der Waals surface area contributed by atoms with Crippen molar-refractivity contribution >= 4 is 17.9 Å². The van der Waals surface area contributed by atoms with Gasteiger partial charge in [-0.05, 0) is 98.9 Å². The van der Waals surface area contributed by atoms with Crippen LogP contribution in [0.1, 0.15) is 140 Å². The summed E-state index contributed by atoms with van der Waals surface area (Å²) < 4.78 is 11.9. The van der Waals surface area contributed by atoms with Crippen LogP contribution in [0.4, 0.5) is 0 Å². The SMILES string of the molecule is O=C1/C(=C\c2ccc(OCCCCCCCCCCO)cc2)CCCC/C1=C/c1ccc(OCCCCCCCCCCO)cc1. The molecule has 254 valence electrons. The van der Waals surface area contributed by atoms with E-state index in [1.807, 2.05) is 24.3 Å². The Morgan fingerprint density at radius 1 is 0.478 bits per heavy atom. The third-order valence-electron chi connectivity index (χ3n) is 8.81. The second kappa shape index (κ2) is 24.3. The zero-order chi connectivity index (χ0) is 32.5. The third-order valence-corrected chi connectivity index (χ3v) is 8.81. The molecule has 2 aromatic rings. The van der Waals surface area contributed by atoms with Gasteiger partial charge in [0.1, 0.15) is 11.5 Å². The molecule has 0 aliphatic heterocycles. The lowest BCUT2D eigenvalue weighted by Crippen LogP contribution is -2.04. The fourth-order valence-corrected chi connectivity index (χ4v) is 5.99. The molecule has 0 atom stereocenters. The maximum atomic E-state index is 13.5. The summed E-state index contributed by atoms with van der Waals surface area (Å²) in [5.74, 6) is 1.93. The molecule has 0 bridgehead atoms. The summed E-state index contributed by atoms with van der Waals surface area (Å²) >= 11 is 0. The van der Waals surface area contributed by atoms with Crippen LogP contribution >= 0.6 is 0 Å². The lowest BCUT2D eigenvalue weighted by Gasteiger charge is -2.09. The van der Waals surface area contributed by atoms with Gasteiger partial charge in [0, 0.05) is 24.4 Å². The number of hydrogen-bond donors (Lipinski definition) is 2. The van der Waals surface area contributed by atoms with Crippen LogP contribution in [0, 0.1) is 0 Å². The number of aliphatic hydroxyl groups excluding tert-OH is 2. The van der Waals surface area contributed by atoms with E-state index in [0.29, 0.717) is 13.2 Å². The Labute approximate surface area is 279 Å². The predicted octanol–water partition coefficient (Wildman–Crippen LogP) is 10.3. The van der Waals surface area contributed by atoms with Crippen LogP contribution in [0.3, 0.4) is 0 Å². The van der Waals surface area contributed by atoms with Crippen LogP contribution in [-0.4, -0.2) is 42.4 Å². The normalized spacial score (nSPS) is 15.4. The van der Waals surface area contributed by atoms with Gasteiger partial charge in [0.2, 0.25) is 0 Å². The summed E-state index contributed by atoms with van der Waals surface area (Å²) in [6, 6.07) is 16.3. The number of ketones is 1. The lowest BCUT2D eigenvalue weighted by atomic mass is 9.98. The van der Waals surface area contributed by atoms with Crippen molar-refractivity contribution in [2.24, 2.45) is 0 Å². The first-order valence-electron chi connectivity index (χ1n) is 18.3. The predicted molar refractivity (Wildman–Crippen MR) is 191 cm³/mol. The molecule has 2 N–H and O–H groups in total. The van der Waals surface area contributed by atoms with Gasteiger partial charge in [0.15, 0.2) is 5.78 Å². The molecular formula is C41H60O5. The number of hydrogen-bond acceptors (Lipinski definition) is 5. The molecule has 5 nitrogen and oxygen atoms in total. The average molecular weight is 633 g/mol. The molecule has 1 aliphatic carbocycles. The van der Waals surface area contributed by atoms with Gasteiger partial charge in [-0.2, -0.15) is 0 Å². The van der Waals surface area contributed by atoms with E-state index in [4.69, 9.17) is 19.7 Å². The van der Waals surface area contributed by atoms with Crippen molar-refractivity contribution in [2.75, 3.05) is 26.4 Å². The maximum absolute atomic E-state index is 13.5. The minimum Gasteiger partial charge on any atom is -0.494 e. The zero-order valence-electron chi connectivity index (χ0n) is 28.4. The first-order chi connectivity index (χ1) is 22.7. The molecule has 0 unspecified atom stereocenters. The molecule has 0 spiro atoms. The van der Waals surface area contributed by atoms with Crippen molar-refractivity contribution in [3.63, 3.8) is 0 Å². The first-order valence-corrected chi connectivity index (χ1v) is 18.3. The quantitative estimate of drug-likeness (QED) is 0.0684. The smallest absolute Gasteiger partial charge is 0.185 e. The van der Waals surface area contributed by atoms with Crippen LogP contribution in [0.15, 0.2) is 59.7 Å². The maximum Gasteiger partial charge on any atom is 0.185 e. The van der Waals surface area contributed by atoms with E-state index in [1.54, 1.807) is 0 Å². The first kappa shape index (κ1) is 37.6. The Morgan fingerprint density at radius 3 is 1.15 bits per heavy atom. The Balaban J connectivity index is 1.39. The van der Waals surface area contributed by atoms with Crippen LogP contribution in [0.25, 0.3) is 12.2 Å². The summed E-state index contributed by atoms with van der Waals surface area (Å²) in [6.07, 6.45) is 26.4. The van der Waals surface area contributed by atoms with Gasteiger partial charge < -0.3 is 19.7 Å². The fraction of sp³-hybridized carbons (Fsp3) is 0.585. The molecule has 0 saturated heterocycles. The molecule has 3 rings (SSSR count).